The quantitative estimate of drug-likeness (QED) is 0.697. The molecule has 0 radical (unpaired) electrons. The van der Waals surface area contributed by atoms with E-state index in [0.29, 0.717) is 12.2 Å². The molecule has 2 heterocycles. The molecule has 0 unspecified atom stereocenters. The molecule has 150 valence electrons. The molecule has 1 fully saturated rings. The van der Waals surface area contributed by atoms with Crippen molar-refractivity contribution in [3.63, 3.8) is 0 Å². The number of aromatic nitrogens is 2. The van der Waals surface area contributed by atoms with E-state index < -0.39 is 0 Å². The molecule has 7 heteroatoms. The lowest BCUT2D eigenvalue weighted by Crippen LogP contribution is -2.39. The van der Waals surface area contributed by atoms with Gasteiger partial charge in [-0.3, -0.25) is 9.69 Å². The van der Waals surface area contributed by atoms with Crippen LogP contribution in [0.3, 0.4) is 0 Å². The summed E-state index contributed by atoms with van der Waals surface area (Å²) in [6.45, 7) is 1.31. The fourth-order valence-electron chi connectivity index (χ4n) is 3.83. The van der Waals surface area contributed by atoms with E-state index >= 15 is 0 Å². The average Bonchev–Trinajstić information content (AvgIpc) is 3.36. The van der Waals surface area contributed by atoms with E-state index in [-0.39, 0.29) is 17.8 Å². The number of halogens is 1. The van der Waals surface area contributed by atoms with Crippen molar-refractivity contribution in [2.75, 3.05) is 13.7 Å². The second-order valence-electron chi connectivity index (χ2n) is 7.16. The SMILES string of the molecule is COc1ccc(-c2nn(-c3ccccc3F)cc2CN2CCC[C@H]2C(N)=O)cc1. The summed E-state index contributed by atoms with van der Waals surface area (Å²) in [6.07, 6.45) is 3.51. The number of nitrogens with zero attached hydrogens (tertiary/aromatic N) is 3. The summed E-state index contributed by atoms with van der Waals surface area (Å²) in [7, 11) is 1.62. The lowest BCUT2D eigenvalue weighted by atomic mass is 10.1. The molecule has 4 rings (SSSR count). The van der Waals surface area contributed by atoms with Gasteiger partial charge < -0.3 is 10.5 Å². The van der Waals surface area contributed by atoms with E-state index in [2.05, 4.69) is 10.00 Å². The third-order valence-corrected chi connectivity index (χ3v) is 5.32. The molecule has 1 atom stereocenters. The number of hydrogen-bond acceptors (Lipinski definition) is 4. The molecule has 29 heavy (non-hydrogen) atoms. The molecule has 1 aliphatic rings. The number of likely N-dealkylation sites (tertiary alicyclic amines) is 1. The first-order chi connectivity index (χ1) is 14.1. The van der Waals surface area contributed by atoms with Crippen LogP contribution in [0, 0.1) is 5.82 Å². The van der Waals surface area contributed by atoms with Crippen LogP contribution in [-0.4, -0.2) is 40.3 Å². The smallest absolute Gasteiger partial charge is 0.234 e. The van der Waals surface area contributed by atoms with E-state index in [0.717, 1.165) is 42.0 Å². The number of benzene rings is 2. The van der Waals surface area contributed by atoms with Crippen molar-refractivity contribution in [2.45, 2.75) is 25.4 Å². The second kappa shape index (κ2) is 8.05. The van der Waals surface area contributed by atoms with Crippen LogP contribution in [0.15, 0.2) is 54.7 Å². The van der Waals surface area contributed by atoms with Crippen molar-refractivity contribution in [3.8, 4) is 22.7 Å². The Labute approximate surface area is 168 Å². The number of rotatable bonds is 6. The molecule has 2 aromatic carbocycles. The molecule has 1 aromatic heterocycles. The molecule has 0 bridgehead atoms. The van der Waals surface area contributed by atoms with E-state index in [9.17, 15) is 9.18 Å². The Kier molecular flexibility index (Phi) is 5.31. The zero-order chi connectivity index (χ0) is 20.4. The van der Waals surface area contributed by atoms with Crippen LogP contribution in [0.2, 0.25) is 0 Å². The minimum Gasteiger partial charge on any atom is -0.497 e. The Morgan fingerprint density at radius 2 is 2.00 bits per heavy atom. The van der Waals surface area contributed by atoms with Gasteiger partial charge in [-0.2, -0.15) is 5.10 Å². The number of amides is 1. The fraction of sp³-hybridized carbons (Fsp3) is 0.273. The maximum absolute atomic E-state index is 14.3. The number of hydrogen-bond donors (Lipinski definition) is 1. The Morgan fingerprint density at radius 1 is 1.24 bits per heavy atom. The number of ether oxygens (including phenoxy) is 1. The molecule has 1 aliphatic heterocycles. The number of para-hydroxylation sites is 1. The van der Waals surface area contributed by atoms with E-state index in [1.54, 1.807) is 30.0 Å². The number of carbonyl (C=O) groups excluding carboxylic acids is 1. The molecular weight excluding hydrogens is 371 g/mol. The van der Waals surface area contributed by atoms with Gasteiger partial charge >= 0.3 is 0 Å². The van der Waals surface area contributed by atoms with Crippen LogP contribution < -0.4 is 10.5 Å². The second-order valence-corrected chi connectivity index (χ2v) is 7.16. The van der Waals surface area contributed by atoms with Gasteiger partial charge in [-0.15, -0.1) is 0 Å². The van der Waals surface area contributed by atoms with E-state index in [1.807, 2.05) is 30.5 Å². The van der Waals surface area contributed by atoms with Crippen molar-refractivity contribution >= 4 is 5.91 Å². The molecule has 3 aromatic rings. The number of methoxy groups -OCH3 is 1. The van der Waals surface area contributed by atoms with Gasteiger partial charge in [0.2, 0.25) is 5.91 Å². The highest BCUT2D eigenvalue weighted by Crippen LogP contribution is 2.29. The summed E-state index contributed by atoms with van der Waals surface area (Å²) >= 11 is 0. The fourth-order valence-corrected chi connectivity index (χ4v) is 3.83. The van der Waals surface area contributed by atoms with Gasteiger partial charge in [0, 0.05) is 23.9 Å². The van der Waals surface area contributed by atoms with Gasteiger partial charge in [0.15, 0.2) is 0 Å². The Morgan fingerprint density at radius 3 is 2.69 bits per heavy atom. The molecule has 0 saturated carbocycles. The number of carbonyl (C=O) groups is 1. The highest BCUT2D eigenvalue weighted by molar-refractivity contribution is 5.80. The highest BCUT2D eigenvalue weighted by atomic mass is 19.1. The van der Waals surface area contributed by atoms with Gasteiger partial charge in [0.05, 0.1) is 18.8 Å². The Balaban J connectivity index is 1.75. The largest absolute Gasteiger partial charge is 0.497 e. The normalized spacial score (nSPS) is 16.8. The van der Waals surface area contributed by atoms with Gasteiger partial charge in [-0.1, -0.05) is 12.1 Å². The lowest BCUT2D eigenvalue weighted by molar-refractivity contribution is -0.122. The standard InChI is InChI=1S/C22H23FN4O2/c1-29-17-10-8-15(9-11-17)21-16(13-26-12-4-7-20(26)22(24)28)14-27(25-21)19-6-3-2-5-18(19)23/h2-3,5-6,8-11,14,20H,4,7,12-13H2,1H3,(H2,24,28)/t20-/m0/s1. The monoisotopic (exact) mass is 394 g/mol. The Hall–Kier alpha value is -3.19. The van der Waals surface area contributed by atoms with Crippen molar-refractivity contribution in [3.05, 3.63) is 66.1 Å². The summed E-state index contributed by atoms with van der Waals surface area (Å²) in [5.74, 6) is 0.0891. The number of nitrogens with two attached hydrogens (primary N) is 1. The molecule has 1 saturated heterocycles. The highest BCUT2D eigenvalue weighted by Gasteiger charge is 2.30. The minimum atomic E-state index is -0.348. The molecule has 1 amide bonds. The zero-order valence-corrected chi connectivity index (χ0v) is 16.2. The van der Waals surface area contributed by atoms with Crippen LogP contribution in [0.5, 0.6) is 5.75 Å². The summed E-state index contributed by atoms with van der Waals surface area (Å²) in [4.78, 5) is 13.9. The predicted molar refractivity (Wildman–Crippen MR) is 108 cm³/mol. The van der Waals surface area contributed by atoms with E-state index in [1.165, 1.54) is 6.07 Å². The first kappa shape index (κ1) is 19.1. The first-order valence-electron chi connectivity index (χ1n) is 9.58. The molecule has 0 aliphatic carbocycles. The molecule has 2 N–H and O–H groups in total. The van der Waals surface area contributed by atoms with Crippen LogP contribution in [0.4, 0.5) is 4.39 Å². The van der Waals surface area contributed by atoms with Crippen LogP contribution >= 0.6 is 0 Å². The molecule has 0 spiro atoms. The summed E-state index contributed by atoms with van der Waals surface area (Å²) in [6, 6.07) is 13.8. The third-order valence-electron chi connectivity index (χ3n) is 5.32. The first-order valence-corrected chi connectivity index (χ1v) is 9.58. The Bertz CT molecular complexity index is 1020. The van der Waals surface area contributed by atoms with Crippen LogP contribution in [-0.2, 0) is 11.3 Å². The predicted octanol–water partition coefficient (Wildman–Crippen LogP) is 3.14. The van der Waals surface area contributed by atoms with E-state index in [4.69, 9.17) is 10.5 Å². The molecular formula is C22H23FN4O2. The maximum atomic E-state index is 14.3. The number of primary amides is 1. The van der Waals surface area contributed by atoms with Crippen molar-refractivity contribution in [2.24, 2.45) is 5.73 Å². The topological polar surface area (TPSA) is 73.4 Å². The minimum absolute atomic E-state index is 0.282. The van der Waals surface area contributed by atoms with Gasteiger partial charge in [0.25, 0.3) is 0 Å². The average molecular weight is 394 g/mol. The van der Waals surface area contributed by atoms with Crippen molar-refractivity contribution in [1.29, 1.82) is 0 Å². The van der Waals surface area contributed by atoms with Gasteiger partial charge in [-0.05, 0) is 55.8 Å². The van der Waals surface area contributed by atoms with Crippen LogP contribution in [0.1, 0.15) is 18.4 Å². The van der Waals surface area contributed by atoms with Gasteiger partial charge in [-0.25, -0.2) is 9.07 Å². The lowest BCUT2D eigenvalue weighted by Gasteiger charge is -2.21. The van der Waals surface area contributed by atoms with Crippen molar-refractivity contribution < 1.29 is 13.9 Å². The zero-order valence-electron chi connectivity index (χ0n) is 16.2. The molecule has 6 nitrogen and oxygen atoms in total. The van der Waals surface area contributed by atoms with Crippen molar-refractivity contribution in [1.82, 2.24) is 14.7 Å². The summed E-state index contributed by atoms with van der Waals surface area (Å²) in [5, 5.41) is 4.67. The summed E-state index contributed by atoms with van der Waals surface area (Å²) in [5.41, 5.74) is 8.50. The third kappa shape index (κ3) is 3.86. The maximum Gasteiger partial charge on any atom is 0.234 e. The van der Waals surface area contributed by atoms with Crippen LogP contribution in [0.25, 0.3) is 16.9 Å². The summed E-state index contributed by atoms with van der Waals surface area (Å²) < 4.78 is 21.1. The van der Waals surface area contributed by atoms with Gasteiger partial charge in [0.1, 0.15) is 17.3 Å².